The Balaban J connectivity index is 2.16. The monoisotopic (exact) mass is 243 g/mol. The third-order valence-electron chi connectivity index (χ3n) is 3.13. The van der Waals surface area contributed by atoms with Gasteiger partial charge in [-0.3, -0.25) is 0 Å². The van der Waals surface area contributed by atoms with Gasteiger partial charge in [-0.1, -0.05) is 23.8 Å². The van der Waals surface area contributed by atoms with Crippen LogP contribution in [0.25, 0.3) is 0 Å². The first-order valence-corrected chi connectivity index (χ1v) is 6.12. The van der Waals surface area contributed by atoms with Gasteiger partial charge < -0.3 is 5.32 Å². The molecular weight excluding hydrogens is 225 g/mol. The topological polar surface area (TPSA) is 12.0 Å². The van der Waals surface area contributed by atoms with Crippen molar-refractivity contribution in [1.29, 1.82) is 0 Å². The van der Waals surface area contributed by atoms with Crippen LogP contribution in [0, 0.1) is 26.6 Å². The van der Waals surface area contributed by atoms with E-state index in [1.807, 2.05) is 6.07 Å². The minimum atomic E-state index is -0.211. The molecule has 2 aromatic rings. The fourth-order valence-corrected chi connectivity index (χ4v) is 2.28. The van der Waals surface area contributed by atoms with Crippen molar-refractivity contribution in [2.24, 2.45) is 0 Å². The smallest absolute Gasteiger partial charge is 0.125 e. The molecule has 0 aromatic heterocycles. The van der Waals surface area contributed by atoms with Crippen LogP contribution < -0.4 is 5.32 Å². The molecular formula is C16H18FN. The van der Waals surface area contributed by atoms with Crippen LogP contribution in [0.3, 0.4) is 0 Å². The van der Waals surface area contributed by atoms with Crippen LogP contribution in [0.4, 0.5) is 10.1 Å². The Morgan fingerprint density at radius 1 is 1.00 bits per heavy atom. The van der Waals surface area contributed by atoms with Crippen molar-refractivity contribution in [1.82, 2.24) is 0 Å². The number of aryl methyl sites for hydroxylation is 3. The van der Waals surface area contributed by atoms with Crippen LogP contribution in [0.15, 0.2) is 36.4 Å². The molecule has 94 valence electrons. The Hall–Kier alpha value is -1.83. The predicted molar refractivity (Wildman–Crippen MR) is 74.4 cm³/mol. The lowest BCUT2D eigenvalue weighted by molar-refractivity contribution is 0.628. The Morgan fingerprint density at radius 3 is 2.28 bits per heavy atom. The molecule has 0 bridgehead atoms. The summed E-state index contributed by atoms with van der Waals surface area (Å²) in [7, 11) is 0. The van der Waals surface area contributed by atoms with Gasteiger partial charge in [0.2, 0.25) is 0 Å². The molecule has 18 heavy (non-hydrogen) atoms. The number of rotatable bonds is 3. The summed E-state index contributed by atoms with van der Waals surface area (Å²) in [5, 5.41) is 3.26. The average molecular weight is 243 g/mol. The van der Waals surface area contributed by atoms with Crippen molar-refractivity contribution >= 4 is 5.69 Å². The lowest BCUT2D eigenvalue weighted by Crippen LogP contribution is -2.04. The Morgan fingerprint density at radius 2 is 1.67 bits per heavy atom. The van der Waals surface area contributed by atoms with Crippen LogP contribution in [-0.2, 0) is 6.54 Å². The summed E-state index contributed by atoms with van der Waals surface area (Å²) in [6.45, 7) is 7.05. The Bertz CT molecular complexity index is 538. The zero-order valence-electron chi connectivity index (χ0n) is 11.0. The van der Waals surface area contributed by atoms with Gasteiger partial charge in [0.15, 0.2) is 0 Å². The molecule has 2 rings (SSSR count). The maximum Gasteiger partial charge on any atom is 0.125 e. The lowest BCUT2D eigenvalue weighted by atomic mass is 10.00. The van der Waals surface area contributed by atoms with Gasteiger partial charge in [0.25, 0.3) is 0 Å². The maximum absolute atomic E-state index is 13.1. The standard InChI is InChI=1S/C16H18FN/c1-11-7-12(2)16(13(3)8-11)10-18-15-6-4-5-14(17)9-15/h4-9,18H,10H2,1-3H3. The molecule has 2 aromatic carbocycles. The van der Waals surface area contributed by atoms with Crippen molar-refractivity contribution in [2.45, 2.75) is 27.3 Å². The molecule has 0 radical (unpaired) electrons. The first-order valence-electron chi connectivity index (χ1n) is 6.12. The summed E-state index contributed by atoms with van der Waals surface area (Å²) in [6.07, 6.45) is 0. The van der Waals surface area contributed by atoms with Crippen LogP contribution in [-0.4, -0.2) is 0 Å². The third kappa shape index (κ3) is 2.89. The van der Waals surface area contributed by atoms with Crippen molar-refractivity contribution in [3.8, 4) is 0 Å². The molecule has 2 heteroatoms. The zero-order chi connectivity index (χ0) is 13.1. The molecule has 0 unspecified atom stereocenters. The number of benzene rings is 2. The normalized spacial score (nSPS) is 10.4. The van der Waals surface area contributed by atoms with E-state index in [0.717, 1.165) is 12.2 Å². The Kier molecular flexibility index (Phi) is 3.66. The van der Waals surface area contributed by atoms with E-state index in [1.165, 1.54) is 34.4 Å². The number of nitrogens with one attached hydrogen (secondary N) is 1. The molecule has 0 aliphatic heterocycles. The number of hydrogen-bond acceptors (Lipinski definition) is 1. The molecule has 0 spiro atoms. The molecule has 0 aliphatic carbocycles. The van der Waals surface area contributed by atoms with Gasteiger partial charge in [-0.15, -0.1) is 0 Å². The minimum Gasteiger partial charge on any atom is -0.381 e. The predicted octanol–water partition coefficient (Wildman–Crippen LogP) is 4.36. The summed E-state index contributed by atoms with van der Waals surface area (Å²) in [5.41, 5.74) is 5.92. The second-order valence-electron chi connectivity index (χ2n) is 4.74. The summed E-state index contributed by atoms with van der Waals surface area (Å²) in [4.78, 5) is 0. The molecule has 0 amide bonds. The molecule has 0 aliphatic rings. The highest BCUT2D eigenvalue weighted by atomic mass is 19.1. The fourth-order valence-electron chi connectivity index (χ4n) is 2.28. The third-order valence-corrected chi connectivity index (χ3v) is 3.13. The SMILES string of the molecule is Cc1cc(C)c(CNc2cccc(F)c2)c(C)c1. The largest absolute Gasteiger partial charge is 0.381 e. The quantitative estimate of drug-likeness (QED) is 0.844. The van der Waals surface area contributed by atoms with Gasteiger partial charge in [-0.25, -0.2) is 4.39 Å². The first-order chi connectivity index (χ1) is 8.56. The highest BCUT2D eigenvalue weighted by Gasteiger charge is 2.04. The maximum atomic E-state index is 13.1. The van der Waals surface area contributed by atoms with E-state index < -0.39 is 0 Å². The second-order valence-corrected chi connectivity index (χ2v) is 4.74. The second kappa shape index (κ2) is 5.21. The molecule has 0 saturated heterocycles. The van der Waals surface area contributed by atoms with Gasteiger partial charge in [-0.05, 0) is 55.7 Å². The van der Waals surface area contributed by atoms with E-state index in [1.54, 1.807) is 6.07 Å². The van der Waals surface area contributed by atoms with E-state index in [-0.39, 0.29) is 5.82 Å². The van der Waals surface area contributed by atoms with Gasteiger partial charge in [-0.2, -0.15) is 0 Å². The van der Waals surface area contributed by atoms with Gasteiger partial charge >= 0.3 is 0 Å². The van der Waals surface area contributed by atoms with E-state index in [9.17, 15) is 4.39 Å². The molecule has 0 atom stereocenters. The van der Waals surface area contributed by atoms with Crippen molar-refractivity contribution < 1.29 is 4.39 Å². The highest BCUT2D eigenvalue weighted by molar-refractivity contribution is 5.46. The van der Waals surface area contributed by atoms with E-state index in [4.69, 9.17) is 0 Å². The summed E-state index contributed by atoms with van der Waals surface area (Å²) < 4.78 is 13.1. The van der Waals surface area contributed by atoms with E-state index in [0.29, 0.717) is 0 Å². The van der Waals surface area contributed by atoms with Crippen molar-refractivity contribution in [2.75, 3.05) is 5.32 Å². The number of anilines is 1. The van der Waals surface area contributed by atoms with Crippen molar-refractivity contribution in [3.63, 3.8) is 0 Å². The molecule has 0 fully saturated rings. The van der Waals surface area contributed by atoms with Crippen LogP contribution in [0.1, 0.15) is 22.3 Å². The zero-order valence-corrected chi connectivity index (χ0v) is 11.0. The summed E-state index contributed by atoms with van der Waals surface area (Å²) >= 11 is 0. The number of hydrogen-bond donors (Lipinski definition) is 1. The molecule has 0 heterocycles. The summed E-state index contributed by atoms with van der Waals surface area (Å²) in [6, 6.07) is 10.9. The minimum absolute atomic E-state index is 0.211. The summed E-state index contributed by atoms with van der Waals surface area (Å²) in [5.74, 6) is -0.211. The van der Waals surface area contributed by atoms with Crippen LogP contribution >= 0.6 is 0 Å². The van der Waals surface area contributed by atoms with Gasteiger partial charge in [0.05, 0.1) is 0 Å². The van der Waals surface area contributed by atoms with E-state index in [2.05, 4.69) is 38.2 Å². The van der Waals surface area contributed by atoms with Crippen molar-refractivity contribution in [3.05, 3.63) is 64.5 Å². The fraction of sp³-hybridized carbons (Fsp3) is 0.250. The molecule has 1 N–H and O–H groups in total. The molecule has 1 nitrogen and oxygen atoms in total. The van der Waals surface area contributed by atoms with Crippen LogP contribution in [0.5, 0.6) is 0 Å². The average Bonchev–Trinajstić information content (AvgIpc) is 2.27. The Labute approximate surface area is 108 Å². The van der Waals surface area contributed by atoms with Gasteiger partial charge in [0.1, 0.15) is 5.82 Å². The van der Waals surface area contributed by atoms with Crippen LogP contribution in [0.2, 0.25) is 0 Å². The number of halogens is 1. The van der Waals surface area contributed by atoms with Gasteiger partial charge in [0, 0.05) is 12.2 Å². The lowest BCUT2D eigenvalue weighted by Gasteiger charge is -2.13. The van der Waals surface area contributed by atoms with E-state index >= 15 is 0 Å². The highest BCUT2D eigenvalue weighted by Crippen LogP contribution is 2.18. The molecule has 0 saturated carbocycles. The first kappa shape index (κ1) is 12.6.